The largest absolute Gasteiger partial charge is 0.456 e. The summed E-state index contributed by atoms with van der Waals surface area (Å²) in [5, 5.41) is 2.30. The molecule has 0 unspecified atom stereocenters. The van der Waals surface area contributed by atoms with Gasteiger partial charge >= 0.3 is 0 Å². The van der Waals surface area contributed by atoms with Gasteiger partial charge in [-0.3, -0.25) is 0 Å². The minimum absolute atomic E-state index is 0.0182. The van der Waals surface area contributed by atoms with Crippen molar-refractivity contribution in [2.24, 2.45) is 0 Å². The molecule has 1 aromatic heterocycles. The number of benzene rings is 5. The molecule has 6 aromatic rings. The van der Waals surface area contributed by atoms with Crippen LogP contribution in [0.1, 0.15) is 70.7 Å². The van der Waals surface area contributed by atoms with Crippen LogP contribution in [-0.4, -0.2) is 7.05 Å². The van der Waals surface area contributed by atoms with Crippen LogP contribution in [0.2, 0.25) is 0 Å². The molecule has 0 saturated carbocycles. The lowest BCUT2D eigenvalue weighted by atomic mass is 9.82. The van der Waals surface area contributed by atoms with E-state index < -0.39 is 0 Å². The number of anilines is 2. The minimum atomic E-state index is 0.0182. The van der Waals surface area contributed by atoms with E-state index in [1.165, 1.54) is 55.9 Å². The number of allylic oxidation sites excluding steroid dienone is 1. The average molecular weight is 630 g/mol. The number of furan rings is 1. The van der Waals surface area contributed by atoms with Gasteiger partial charge in [0.1, 0.15) is 11.0 Å². The molecule has 1 heterocycles. The van der Waals surface area contributed by atoms with Crippen molar-refractivity contribution in [2.45, 2.75) is 59.3 Å². The summed E-state index contributed by atoms with van der Waals surface area (Å²) in [6, 6.07) is 39.6. The lowest BCUT2D eigenvalue weighted by Gasteiger charge is -2.27. The predicted octanol–water partition coefficient (Wildman–Crippen LogP) is 11.3. The zero-order valence-corrected chi connectivity index (χ0v) is 29.7. The zero-order valence-electron chi connectivity index (χ0n) is 29.7. The van der Waals surface area contributed by atoms with E-state index in [1.54, 1.807) is 6.08 Å². The fourth-order valence-corrected chi connectivity index (χ4v) is 7.56. The third-order valence-electron chi connectivity index (χ3n) is 10.1. The predicted molar refractivity (Wildman–Crippen MR) is 208 cm³/mol. The third kappa shape index (κ3) is 5.30. The van der Waals surface area contributed by atoms with Crippen LogP contribution in [0.4, 0.5) is 11.4 Å². The molecule has 0 bridgehead atoms. The van der Waals surface area contributed by atoms with E-state index in [2.05, 4.69) is 143 Å². The fourth-order valence-electron chi connectivity index (χ4n) is 7.56. The molecule has 2 heteroatoms. The van der Waals surface area contributed by atoms with E-state index in [0.717, 1.165) is 21.6 Å². The molecule has 0 amide bonds. The Morgan fingerprint density at radius 2 is 1.06 bits per heavy atom. The third-order valence-corrected chi connectivity index (χ3v) is 10.1. The minimum Gasteiger partial charge on any atom is -0.456 e. The molecule has 2 aliphatic rings. The van der Waals surface area contributed by atoms with E-state index >= 15 is 0 Å². The van der Waals surface area contributed by atoms with Crippen molar-refractivity contribution < 1.29 is 4.42 Å². The molecule has 0 aliphatic heterocycles. The molecule has 0 fully saturated rings. The normalized spacial score (nSPS) is 14.9. The Hall–Kier alpha value is -5.08. The Bertz CT molecular complexity index is 2160. The van der Waals surface area contributed by atoms with Crippen molar-refractivity contribution in [3.8, 4) is 22.3 Å². The molecule has 48 heavy (non-hydrogen) atoms. The second-order valence-electron chi connectivity index (χ2n) is 13.4. The Kier molecular flexibility index (Phi) is 8.79. The Morgan fingerprint density at radius 3 is 1.56 bits per heavy atom. The van der Waals surface area contributed by atoms with Crippen LogP contribution >= 0.6 is 0 Å². The van der Waals surface area contributed by atoms with Crippen LogP contribution in [0.5, 0.6) is 0 Å². The Balaban J connectivity index is 0.000000210. The highest BCUT2D eigenvalue weighted by atomic mass is 16.3. The SMILES string of the molecule is C=C/C=c1/oc2ccccc2/c1=C/C.CC.CN(c1ccc2c(c1)C(C)(C)c1ccccc1-2)c1ccc2c(c1)C(C)(C)c1ccccc1-2. The molecular formula is C46H47NO. The number of hydrogen-bond acceptors (Lipinski definition) is 2. The standard InChI is InChI=1S/C31H29N.C13H12O.C2H6/c1-30(2)26-12-8-6-10-22(26)24-16-14-20(18-28(24)30)32(5)21-15-17-25-23-11-7-9-13-27(23)31(3,4)29(25)19-21;1-3-7-12-10(4-2)11-8-5-6-9-13(11)14-12;1-2/h6-19H,1-5H3;3-9H,1H2,2H3;1-2H3/b;10-4-,12-7+;. The number of fused-ring (bicyclic) bond motifs is 7. The first kappa shape index (κ1) is 32.8. The lowest BCUT2D eigenvalue weighted by molar-refractivity contribution is 0.575. The zero-order chi connectivity index (χ0) is 34.2. The van der Waals surface area contributed by atoms with Crippen molar-refractivity contribution >= 4 is 34.5 Å². The maximum absolute atomic E-state index is 5.67. The Morgan fingerprint density at radius 1 is 0.604 bits per heavy atom. The van der Waals surface area contributed by atoms with Crippen LogP contribution in [-0.2, 0) is 10.8 Å². The molecule has 8 rings (SSSR count). The summed E-state index contributed by atoms with van der Waals surface area (Å²) in [5.41, 5.74) is 15.5. The van der Waals surface area contributed by atoms with Gasteiger partial charge in [0.05, 0.1) is 0 Å². The van der Waals surface area contributed by atoms with Crippen LogP contribution in [0, 0.1) is 0 Å². The van der Waals surface area contributed by atoms with Crippen molar-refractivity contribution in [2.75, 3.05) is 11.9 Å². The molecule has 2 aliphatic carbocycles. The number of nitrogens with zero attached hydrogens (tertiary/aromatic N) is 1. The van der Waals surface area contributed by atoms with Crippen molar-refractivity contribution in [1.29, 1.82) is 0 Å². The van der Waals surface area contributed by atoms with Gasteiger partial charge in [-0.1, -0.05) is 139 Å². The summed E-state index contributed by atoms with van der Waals surface area (Å²) in [4.78, 5) is 2.33. The highest BCUT2D eigenvalue weighted by Crippen LogP contribution is 2.51. The van der Waals surface area contributed by atoms with Crippen LogP contribution in [0.3, 0.4) is 0 Å². The summed E-state index contributed by atoms with van der Waals surface area (Å²) in [6.45, 7) is 19.1. The van der Waals surface area contributed by atoms with E-state index in [-0.39, 0.29) is 10.8 Å². The van der Waals surface area contributed by atoms with Gasteiger partial charge in [-0.2, -0.15) is 0 Å². The highest BCUT2D eigenvalue weighted by molar-refractivity contribution is 5.85. The van der Waals surface area contributed by atoms with Gasteiger partial charge in [-0.25, -0.2) is 0 Å². The van der Waals surface area contributed by atoms with Gasteiger partial charge in [-0.15, -0.1) is 0 Å². The second-order valence-corrected chi connectivity index (χ2v) is 13.4. The molecule has 0 atom stereocenters. The molecule has 0 spiro atoms. The van der Waals surface area contributed by atoms with Crippen LogP contribution in [0.25, 0.3) is 45.4 Å². The second kappa shape index (κ2) is 12.8. The molecule has 5 aromatic carbocycles. The van der Waals surface area contributed by atoms with E-state index in [9.17, 15) is 0 Å². The van der Waals surface area contributed by atoms with Crippen LogP contribution in [0.15, 0.2) is 126 Å². The van der Waals surface area contributed by atoms with E-state index in [0.29, 0.717) is 0 Å². The molecular weight excluding hydrogens is 583 g/mol. The maximum atomic E-state index is 5.67. The topological polar surface area (TPSA) is 16.4 Å². The molecule has 0 saturated heterocycles. The van der Waals surface area contributed by atoms with Crippen molar-refractivity contribution in [1.82, 2.24) is 0 Å². The molecule has 0 radical (unpaired) electrons. The van der Waals surface area contributed by atoms with E-state index in [1.807, 2.05) is 45.0 Å². The van der Waals surface area contributed by atoms with E-state index in [4.69, 9.17) is 4.42 Å². The molecule has 0 N–H and O–H groups in total. The van der Waals surface area contributed by atoms with Gasteiger partial charge in [0.25, 0.3) is 0 Å². The summed E-state index contributed by atoms with van der Waals surface area (Å²) in [6.07, 6.45) is 5.68. The van der Waals surface area contributed by atoms with Gasteiger partial charge in [0, 0.05) is 39.9 Å². The quantitative estimate of drug-likeness (QED) is 0.194. The molecule has 2 nitrogen and oxygen atoms in total. The average Bonchev–Trinajstić information content (AvgIpc) is 3.68. The van der Waals surface area contributed by atoms with Gasteiger partial charge in [-0.05, 0) is 87.8 Å². The summed E-state index contributed by atoms with van der Waals surface area (Å²) >= 11 is 0. The first-order chi connectivity index (χ1) is 23.2. The first-order valence-electron chi connectivity index (χ1n) is 17.2. The smallest absolute Gasteiger partial charge is 0.135 e. The van der Waals surface area contributed by atoms with Gasteiger partial charge in [0.15, 0.2) is 0 Å². The number of hydrogen-bond donors (Lipinski definition) is 0. The summed E-state index contributed by atoms with van der Waals surface area (Å²) in [5.74, 6) is 0. The lowest BCUT2D eigenvalue weighted by Crippen LogP contribution is -2.18. The number of para-hydroxylation sites is 1. The highest BCUT2D eigenvalue weighted by Gasteiger charge is 2.37. The Labute approximate surface area is 286 Å². The fraction of sp³-hybridized carbons (Fsp3) is 0.217. The summed E-state index contributed by atoms with van der Waals surface area (Å²) in [7, 11) is 2.19. The van der Waals surface area contributed by atoms with Crippen molar-refractivity contribution in [3.63, 3.8) is 0 Å². The number of rotatable bonds is 3. The summed E-state index contributed by atoms with van der Waals surface area (Å²) < 4.78 is 5.67. The maximum Gasteiger partial charge on any atom is 0.135 e. The monoisotopic (exact) mass is 629 g/mol. The van der Waals surface area contributed by atoms with Crippen molar-refractivity contribution in [3.05, 3.63) is 155 Å². The van der Waals surface area contributed by atoms with Gasteiger partial charge in [0.2, 0.25) is 0 Å². The molecule has 242 valence electrons. The van der Waals surface area contributed by atoms with Gasteiger partial charge < -0.3 is 9.32 Å². The van der Waals surface area contributed by atoms with Crippen LogP contribution < -0.4 is 15.5 Å². The first-order valence-corrected chi connectivity index (χ1v) is 17.2.